The van der Waals surface area contributed by atoms with Crippen LogP contribution in [0.1, 0.15) is 22.6 Å². The average molecular weight is 337 g/mol. The molecule has 1 aromatic carbocycles. The number of aromatic nitrogens is 3. The predicted octanol–water partition coefficient (Wildman–Crippen LogP) is 2.59. The molecule has 0 spiro atoms. The van der Waals surface area contributed by atoms with Crippen molar-refractivity contribution in [2.24, 2.45) is 0 Å². The van der Waals surface area contributed by atoms with Crippen LogP contribution in [0.4, 0.5) is 5.69 Å². The van der Waals surface area contributed by atoms with E-state index in [2.05, 4.69) is 15.3 Å². The van der Waals surface area contributed by atoms with Crippen LogP contribution in [0, 0.1) is 13.8 Å². The molecule has 25 heavy (non-hydrogen) atoms. The molecule has 0 unspecified atom stereocenters. The molecule has 0 bridgehead atoms. The van der Waals surface area contributed by atoms with E-state index >= 15 is 0 Å². The van der Waals surface area contributed by atoms with Gasteiger partial charge in [-0.05, 0) is 31.5 Å². The molecule has 0 aliphatic carbocycles. The number of nitrogens with one attached hydrogen (secondary N) is 1. The van der Waals surface area contributed by atoms with E-state index in [4.69, 9.17) is 0 Å². The van der Waals surface area contributed by atoms with Gasteiger partial charge in [-0.15, -0.1) is 0 Å². The summed E-state index contributed by atoms with van der Waals surface area (Å²) in [6.07, 6.45) is 2.37. The highest BCUT2D eigenvalue weighted by atomic mass is 16.2. The quantitative estimate of drug-likeness (QED) is 0.777. The van der Waals surface area contributed by atoms with E-state index in [0.29, 0.717) is 18.7 Å². The zero-order valence-electron chi connectivity index (χ0n) is 15.1. The number of hydrogen-bond donors (Lipinski definition) is 1. The lowest BCUT2D eigenvalue weighted by Gasteiger charge is -2.14. The molecule has 0 atom stereocenters. The molecule has 6 heteroatoms. The van der Waals surface area contributed by atoms with Crippen LogP contribution < -0.4 is 5.32 Å². The number of imidazole rings is 1. The molecule has 130 valence electrons. The first kappa shape index (κ1) is 17.0. The molecule has 0 aliphatic heterocycles. The molecule has 2 heterocycles. The van der Waals surface area contributed by atoms with E-state index in [1.54, 1.807) is 19.0 Å². The number of hydrogen-bond acceptors (Lipinski definition) is 4. The van der Waals surface area contributed by atoms with Crippen molar-refractivity contribution in [2.45, 2.75) is 26.8 Å². The number of anilines is 1. The summed E-state index contributed by atoms with van der Waals surface area (Å²) < 4.78 is 1.99. The minimum atomic E-state index is 0.0808. The molecule has 6 nitrogen and oxygen atoms in total. The van der Waals surface area contributed by atoms with Crippen molar-refractivity contribution in [3.8, 4) is 0 Å². The minimum Gasteiger partial charge on any atom is -0.379 e. The van der Waals surface area contributed by atoms with E-state index in [1.165, 1.54) is 0 Å². The van der Waals surface area contributed by atoms with E-state index in [1.807, 2.05) is 54.8 Å². The van der Waals surface area contributed by atoms with Crippen LogP contribution >= 0.6 is 0 Å². The third-order valence-corrected chi connectivity index (χ3v) is 4.13. The largest absolute Gasteiger partial charge is 0.379 e. The van der Waals surface area contributed by atoms with Crippen LogP contribution in [0.3, 0.4) is 0 Å². The van der Waals surface area contributed by atoms with Gasteiger partial charge in [0.25, 0.3) is 0 Å². The Hall–Kier alpha value is -2.89. The molecule has 0 aliphatic rings. The first-order valence-corrected chi connectivity index (χ1v) is 8.28. The topological polar surface area (TPSA) is 62.5 Å². The highest BCUT2D eigenvalue weighted by Gasteiger charge is 2.10. The summed E-state index contributed by atoms with van der Waals surface area (Å²) in [6, 6.07) is 9.91. The Morgan fingerprint density at radius 3 is 2.72 bits per heavy atom. The van der Waals surface area contributed by atoms with Crippen LogP contribution in [0.15, 0.2) is 36.5 Å². The zero-order valence-corrected chi connectivity index (χ0v) is 15.1. The molecule has 3 aromatic rings. The Morgan fingerprint density at radius 1 is 1.20 bits per heavy atom. The fraction of sp³-hybridized carbons (Fsp3) is 0.316. The Morgan fingerprint density at radius 2 is 1.96 bits per heavy atom. The highest BCUT2D eigenvalue weighted by molar-refractivity contribution is 5.80. The number of aryl methyl sites for hydroxylation is 2. The van der Waals surface area contributed by atoms with Gasteiger partial charge in [0.15, 0.2) is 0 Å². The number of rotatable bonds is 5. The summed E-state index contributed by atoms with van der Waals surface area (Å²) in [5, 5.41) is 3.39. The van der Waals surface area contributed by atoms with Gasteiger partial charge < -0.3 is 10.2 Å². The number of nitrogens with zero attached hydrogens (tertiary/aromatic N) is 4. The van der Waals surface area contributed by atoms with Crippen LogP contribution in [-0.2, 0) is 17.8 Å². The average Bonchev–Trinajstić information content (AvgIpc) is 2.97. The van der Waals surface area contributed by atoms with Gasteiger partial charge in [-0.3, -0.25) is 9.20 Å². The summed E-state index contributed by atoms with van der Waals surface area (Å²) >= 11 is 0. The van der Waals surface area contributed by atoms with Gasteiger partial charge >= 0.3 is 0 Å². The maximum atomic E-state index is 12.0. The maximum absolute atomic E-state index is 12.0. The fourth-order valence-corrected chi connectivity index (χ4v) is 2.76. The Balaban J connectivity index is 1.78. The molecule has 0 fully saturated rings. The van der Waals surface area contributed by atoms with Gasteiger partial charge in [0, 0.05) is 37.4 Å². The van der Waals surface area contributed by atoms with E-state index in [-0.39, 0.29) is 5.91 Å². The monoisotopic (exact) mass is 337 g/mol. The second kappa shape index (κ2) is 6.93. The number of carbonyl (C=O) groups is 1. The first-order chi connectivity index (χ1) is 11.9. The second-order valence-corrected chi connectivity index (χ2v) is 6.42. The smallest absolute Gasteiger partial charge is 0.234 e. The van der Waals surface area contributed by atoms with Crippen LogP contribution in [0.2, 0.25) is 0 Å². The molecule has 3 rings (SSSR count). The van der Waals surface area contributed by atoms with Crippen molar-refractivity contribution in [3.63, 3.8) is 0 Å². The van der Waals surface area contributed by atoms with Crippen LogP contribution in [0.25, 0.3) is 5.78 Å². The summed E-state index contributed by atoms with van der Waals surface area (Å²) in [5.74, 6) is 0.794. The lowest BCUT2D eigenvalue weighted by atomic mass is 10.1. The van der Waals surface area contributed by atoms with Crippen molar-refractivity contribution in [2.75, 3.05) is 19.4 Å². The van der Waals surface area contributed by atoms with Gasteiger partial charge in [-0.2, -0.15) is 0 Å². The van der Waals surface area contributed by atoms with Crippen molar-refractivity contribution in [3.05, 3.63) is 59.2 Å². The van der Waals surface area contributed by atoms with Gasteiger partial charge in [-0.25, -0.2) is 9.97 Å². The standard InChI is InChI=1S/C19H23N5O/c1-13-9-14(2)24-12-16(22-19(24)21-13)11-20-17-8-6-5-7-15(17)10-18(25)23(3)4/h5-9,12,20H,10-11H2,1-4H3. The number of benzene rings is 1. The second-order valence-electron chi connectivity index (χ2n) is 6.42. The number of amides is 1. The molecule has 1 amide bonds. The third kappa shape index (κ3) is 3.79. The van der Waals surface area contributed by atoms with Crippen LogP contribution in [0.5, 0.6) is 0 Å². The maximum Gasteiger partial charge on any atom is 0.234 e. The summed E-state index contributed by atoms with van der Waals surface area (Å²) in [5.41, 5.74) is 4.92. The number of para-hydroxylation sites is 1. The lowest BCUT2D eigenvalue weighted by molar-refractivity contribution is -0.127. The van der Waals surface area contributed by atoms with Crippen molar-refractivity contribution >= 4 is 17.4 Å². The van der Waals surface area contributed by atoms with Crippen molar-refractivity contribution < 1.29 is 4.79 Å². The summed E-state index contributed by atoms with van der Waals surface area (Å²) in [7, 11) is 3.54. The lowest BCUT2D eigenvalue weighted by Crippen LogP contribution is -2.23. The SMILES string of the molecule is Cc1cc(C)n2cc(CNc3ccccc3CC(=O)N(C)C)nc2n1. The van der Waals surface area contributed by atoms with E-state index < -0.39 is 0 Å². The molecule has 0 saturated carbocycles. The molecule has 1 N–H and O–H groups in total. The molecule has 2 aromatic heterocycles. The van der Waals surface area contributed by atoms with Gasteiger partial charge in [-0.1, -0.05) is 18.2 Å². The van der Waals surface area contributed by atoms with Crippen molar-refractivity contribution in [1.29, 1.82) is 0 Å². The van der Waals surface area contributed by atoms with Crippen LogP contribution in [-0.4, -0.2) is 39.3 Å². The normalized spacial score (nSPS) is 10.9. The van der Waals surface area contributed by atoms with E-state index in [9.17, 15) is 4.79 Å². The number of fused-ring (bicyclic) bond motifs is 1. The Bertz CT molecular complexity index is 913. The third-order valence-electron chi connectivity index (χ3n) is 4.13. The number of carbonyl (C=O) groups excluding carboxylic acids is 1. The van der Waals surface area contributed by atoms with Crippen molar-refractivity contribution in [1.82, 2.24) is 19.3 Å². The summed E-state index contributed by atoms with van der Waals surface area (Å²) in [4.78, 5) is 22.7. The number of likely N-dealkylation sites (N-methyl/N-ethyl adjacent to an activating group) is 1. The van der Waals surface area contributed by atoms with Gasteiger partial charge in [0.05, 0.1) is 18.7 Å². The fourth-order valence-electron chi connectivity index (χ4n) is 2.76. The Labute approximate surface area is 147 Å². The Kier molecular flexibility index (Phi) is 4.70. The molecular formula is C19H23N5O. The van der Waals surface area contributed by atoms with Gasteiger partial charge in [0.1, 0.15) is 0 Å². The minimum absolute atomic E-state index is 0.0808. The van der Waals surface area contributed by atoms with E-state index in [0.717, 1.165) is 28.3 Å². The van der Waals surface area contributed by atoms with Gasteiger partial charge in [0.2, 0.25) is 11.7 Å². The molecular weight excluding hydrogens is 314 g/mol. The first-order valence-electron chi connectivity index (χ1n) is 8.28. The predicted molar refractivity (Wildman–Crippen MR) is 98.6 cm³/mol. The molecule has 0 saturated heterocycles. The molecule has 0 radical (unpaired) electrons. The summed E-state index contributed by atoms with van der Waals surface area (Å²) in [6.45, 7) is 4.59. The zero-order chi connectivity index (χ0) is 18.0. The highest BCUT2D eigenvalue weighted by Crippen LogP contribution is 2.18.